The van der Waals surface area contributed by atoms with Crippen molar-refractivity contribution < 1.29 is 0 Å². The Labute approximate surface area is 111 Å². The molecule has 0 unspecified atom stereocenters. The molecule has 1 aromatic carbocycles. The molecule has 2 heteroatoms. The third kappa shape index (κ3) is 2.29. The molecule has 1 aromatic heterocycles. The summed E-state index contributed by atoms with van der Waals surface area (Å²) in [5, 5.41) is 2.54. The second kappa shape index (κ2) is 4.91. The van der Waals surface area contributed by atoms with Crippen LogP contribution in [-0.2, 0) is 0 Å². The molecule has 0 saturated heterocycles. The van der Waals surface area contributed by atoms with Crippen LogP contribution in [0.3, 0.4) is 0 Å². The van der Waals surface area contributed by atoms with E-state index in [0.29, 0.717) is 0 Å². The van der Waals surface area contributed by atoms with Crippen LogP contribution in [0, 0.1) is 0 Å². The Bertz CT molecular complexity index is 692. The van der Waals surface area contributed by atoms with Crippen LogP contribution in [0.5, 0.6) is 0 Å². The summed E-state index contributed by atoms with van der Waals surface area (Å²) in [5.74, 6) is 0. The van der Waals surface area contributed by atoms with Crippen molar-refractivity contribution in [3.63, 3.8) is 0 Å². The van der Waals surface area contributed by atoms with E-state index in [-0.39, 0.29) is 0 Å². The monoisotopic (exact) mass is 253 g/mol. The third-order valence-corrected chi connectivity index (χ3v) is 4.11. The molecule has 90 valence electrons. The van der Waals surface area contributed by atoms with E-state index in [1.165, 1.54) is 25.9 Å². The predicted octanol–water partition coefficient (Wildman–Crippen LogP) is 3.08. The number of aromatic nitrogens is 1. The highest BCUT2D eigenvalue weighted by Crippen LogP contribution is 2.23. The first-order valence-electron chi connectivity index (χ1n) is 6.11. The fourth-order valence-electron chi connectivity index (χ4n) is 2.04. The highest BCUT2D eigenvalue weighted by Gasteiger charge is 2.03. The van der Waals surface area contributed by atoms with E-state index in [1.54, 1.807) is 0 Å². The topological polar surface area (TPSA) is 15.8 Å². The Hall–Kier alpha value is -1.67. The van der Waals surface area contributed by atoms with Gasteiger partial charge in [0.1, 0.15) is 0 Å². The van der Waals surface area contributed by atoms with Crippen molar-refractivity contribution in [2.45, 2.75) is 23.1 Å². The van der Waals surface area contributed by atoms with Crippen LogP contribution >= 0.6 is 11.8 Å². The van der Waals surface area contributed by atoms with E-state index in [1.807, 2.05) is 11.8 Å². The summed E-state index contributed by atoms with van der Waals surface area (Å²) in [6.07, 6.45) is 9.80. The Kier molecular flexibility index (Phi) is 3.11. The van der Waals surface area contributed by atoms with Crippen LogP contribution in [0.25, 0.3) is 12.2 Å². The Morgan fingerprint density at radius 3 is 2.78 bits per heavy atom. The van der Waals surface area contributed by atoms with Crippen molar-refractivity contribution in [3.8, 4) is 0 Å². The molecular formula is C16H15NS. The normalized spacial score (nSPS) is 13.9. The molecule has 18 heavy (non-hydrogen) atoms. The molecule has 0 spiro atoms. The van der Waals surface area contributed by atoms with Gasteiger partial charge in [-0.3, -0.25) is 0 Å². The summed E-state index contributed by atoms with van der Waals surface area (Å²) in [6, 6.07) is 10.5. The minimum Gasteiger partial charge on any atom is -0.360 e. The number of hydrogen-bond acceptors (Lipinski definition) is 1. The van der Waals surface area contributed by atoms with Crippen LogP contribution in [0.2, 0.25) is 0 Å². The first-order valence-corrected chi connectivity index (χ1v) is 6.92. The second-order valence-electron chi connectivity index (χ2n) is 4.48. The average Bonchev–Trinajstić information content (AvgIpc) is 2.67. The largest absolute Gasteiger partial charge is 0.360 e. The molecule has 0 bridgehead atoms. The van der Waals surface area contributed by atoms with E-state index < -0.39 is 0 Å². The van der Waals surface area contributed by atoms with Gasteiger partial charge in [-0.25, -0.2) is 0 Å². The minimum atomic E-state index is 1.03. The molecule has 0 amide bonds. The highest BCUT2D eigenvalue weighted by atomic mass is 32.2. The molecule has 1 heterocycles. The number of benzene rings is 1. The first kappa shape index (κ1) is 11.4. The number of H-pyrrole nitrogens is 1. The molecule has 1 aliphatic carbocycles. The lowest BCUT2D eigenvalue weighted by atomic mass is 10.2. The van der Waals surface area contributed by atoms with E-state index in [2.05, 4.69) is 66.7 Å². The lowest BCUT2D eigenvalue weighted by Gasteiger charge is -1.98. The third-order valence-electron chi connectivity index (χ3n) is 3.05. The molecule has 0 fully saturated rings. The van der Waals surface area contributed by atoms with Crippen molar-refractivity contribution in [1.82, 2.24) is 4.98 Å². The van der Waals surface area contributed by atoms with Gasteiger partial charge in [0.25, 0.3) is 0 Å². The maximum absolute atomic E-state index is 3.35. The fourth-order valence-corrected chi connectivity index (χ4v) is 3.00. The van der Waals surface area contributed by atoms with E-state index in [0.717, 1.165) is 6.42 Å². The van der Waals surface area contributed by atoms with Crippen molar-refractivity contribution in [2.75, 3.05) is 0 Å². The van der Waals surface area contributed by atoms with Crippen LogP contribution in [0.4, 0.5) is 0 Å². The molecular weight excluding hydrogens is 238 g/mol. The van der Waals surface area contributed by atoms with Gasteiger partial charge in [0.2, 0.25) is 0 Å². The smallest absolute Gasteiger partial charge is 0.0462 e. The molecule has 2 aromatic rings. The van der Waals surface area contributed by atoms with Crippen molar-refractivity contribution in [2.24, 2.45) is 0 Å². The molecule has 0 radical (unpaired) electrons. The molecule has 0 saturated carbocycles. The van der Waals surface area contributed by atoms with Gasteiger partial charge >= 0.3 is 0 Å². The maximum Gasteiger partial charge on any atom is 0.0462 e. The summed E-state index contributed by atoms with van der Waals surface area (Å²) in [6.45, 7) is 2.17. The van der Waals surface area contributed by atoms with E-state index >= 15 is 0 Å². The molecule has 0 atom stereocenters. The average molecular weight is 253 g/mol. The van der Waals surface area contributed by atoms with Gasteiger partial charge in [-0.2, -0.15) is 0 Å². The molecule has 3 rings (SSSR count). The lowest BCUT2D eigenvalue weighted by Crippen LogP contribution is -2.22. The summed E-state index contributed by atoms with van der Waals surface area (Å²) in [5.41, 5.74) is 1.40. The number of nitrogens with one attached hydrogen (secondary N) is 1. The minimum absolute atomic E-state index is 1.03. The molecule has 0 aliphatic heterocycles. The van der Waals surface area contributed by atoms with Crippen molar-refractivity contribution in [1.29, 1.82) is 0 Å². The molecule has 1 N–H and O–H groups in total. The van der Waals surface area contributed by atoms with Gasteiger partial charge in [-0.1, -0.05) is 47.7 Å². The Morgan fingerprint density at radius 1 is 1.11 bits per heavy atom. The van der Waals surface area contributed by atoms with Gasteiger partial charge < -0.3 is 4.98 Å². The number of allylic oxidation sites excluding steroid dienone is 2. The van der Waals surface area contributed by atoms with Gasteiger partial charge in [0, 0.05) is 26.6 Å². The zero-order valence-corrected chi connectivity index (χ0v) is 11.1. The fraction of sp³-hybridized carbons (Fsp3) is 0.125. The zero-order chi connectivity index (χ0) is 12.4. The van der Waals surface area contributed by atoms with Crippen LogP contribution in [0.15, 0.2) is 58.0 Å². The summed E-state index contributed by atoms with van der Waals surface area (Å²) >= 11 is 1.81. The SMILES string of the molecule is CC1=CC=c2[nH]cc(Sc3ccccc3)c2=CC1. The van der Waals surface area contributed by atoms with Crippen molar-refractivity contribution >= 4 is 23.9 Å². The number of hydrogen-bond donors (Lipinski definition) is 1. The van der Waals surface area contributed by atoms with E-state index in [4.69, 9.17) is 0 Å². The van der Waals surface area contributed by atoms with Crippen LogP contribution < -0.4 is 10.6 Å². The Balaban J connectivity index is 2.01. The second-order valence-corrected chi connectivity index (χ2v) is 5.60. The van der Waals surface area contributed by atoms with Gasteiger partial charge in [0.15, 0.2) is 0 Å². The number of rotatable bonds is 2. The quantitative estimate of drug-likeness (QED) is 0.869. The molecule has 1 aliphatic rings. The maximum atomic E-state index is 3.35. The van der Waals surface area contributed by atoms with Crippen LogP contribution in [-0.4, -0.2) is 4.98 Å². The Morgan fingerprint density at radius 2 is 1.94 bits per heavy atom. The summed E-state index contributed by atoms with van der Waals surface area (Å²) in [7, 11) is 0. The molecule has 1 nitrogen and oxygen atoms in total. The van der Waals surface area contributed by atoms with Crippen LogP contribution in [0.1, 0.15) is 13.3 Å². The number of aromatic amines is 1. The number of fused-ring (bicyclic) bond motifs is 1. The summed E-state index contributed by atoms with van der Waals surface area (Å²) in [4.78, 5) is 5.94. The first-order chi connectivity index (χ1) is 8.83. The lowest BCUT2D eigenvalue weighted by molar-refractivity contribution is 1.26. The summed E-state index contributed by atoms with van der Waals surface area (Å²) < 4.78 is 0. The zero-order valence-electron chi connectivity index (χ0n) is 10.3. The van der Waals surface area contributed by atoms with Crippen molar-refractivity contribution in [3.05, 3.63) is 58.7 Å². The van der Waals surface area contributed by atoms with Gasteiger partial charge in [-0.15, -0.1) is 0 Å². The van der Waals surface area contributed by atoms with Gasteiger partial charge in [-0.05, 0) is 31.6 Å². The van der Waals surface area contributed by atoms with E-state index in [9.17, 15) is 0 Å². The highest BCUT2D eigenvalue weighted by molar-refractivity contribution is 7.99. The van der Waals surface area contributed by atoms with Gasteiger partial charge in [0.05, 0.1) is 0 Å². The predicted molar refractivity (Wildman–Crippen MR) is 77.9 cm³/mol. The standard InChI is InChI=1S/C16H15NS/c1-12-7-9-14-15(10-8-12)17-11-16(14)18-13-5-3-2-4-6-13/h2-6,8-11,17H,7H2,1H3.